The maximum absolute atomic E-state index is 10.7. The van der Waals surface area contributed by atoms with Crippen molar-refractivity contribution in [2.45, 2.75) is 41.5 Å². The van der Waals surface area contributed by atoms with Crippen LogP contribution >= 0.6 is 0 Å². The molecule has 0 saturated carbocycles. The predicted octanol–water partition coefficient (Wildman–Crippen LogP) is 2.28. The van der Waals surface area contributed by atoms with Crippen molar-refractivity contribution in [3.63, 3.8) is 0 Å². The van der Waals surface area contributed by atoms with Crippen molar-refractivity contribution in [1.82, 2.24) is 14.7 Å². The Morgan fingerprint density at radius 3 is 0.528 bits per heavy atom. The van der Waals surface area contributed by atoms with Gasteiger partial charge in [-0.2, -0.15) is 25.3 Å². The maximum atomic E-state index is 10.7. The van der Waals surface area contributed by atoms with E-state index in [0.717, 1.165) is 39.3 Å². The van der Waals surface area contributed by atoms with Gasteiger partial charge in [-0.1, -0.05) is 41.5 Å². The molecule has 36 heavy (non-hydrogen) atoms. The van der Waals surface area contributed by atoms with Crippen LogP contribution in [-0.4, -0.2) is 132 Å². The van der Waals surface area contributed by atoms with E-state index in [-0.39, 0.29) is 0 Å². The Balaban J connectivity index is -0.0000000750. The van der Waals surface area contributed by atoms with Crippen LogP contribution in [0, 0.1) is 0 Å². The van der Waals surface area contributed by atoms with Crippen LogP contribution in [0.3, 0.4) is 0 Å². The summed E-state index contributed by atoms with van der Waals surface area (Å²) in [4.78, 5) is 6.75. The summed E-state index contributed by atoms with van der Waals surface area (Å²) in [5.74, 6) is 0. The highest BCUT2D eigenvalue weighted by atomic mass is 32.2. The lowest BCUT2D eigenvalue weighted by molar-refractivity contribution is 0.373. The average Bonchev–Trinajstić information content (AvgIpc) is 2.82. The molecular weight excluding hydrogens is 555 g/mol. The third-order valence-corrected chi connectivity index (χ3v) is 4.48. The molecular formula is C18H48F3N3O9S3. The van der Waals surface area contributed by atoms with Crippen LogP contribution in [0.4, 0.5) is 13.2 Å². The van der Waals surface area contributed by atoms with E-state index < -0.39 is 48.4 Å². The van der Waals surface area contributed by atoms with Crippen LogP contribution in [0.5, 0.6) is 0 Å². The van der Waals surface area contributed by atoms with E-state index in [2.05, 4.69) is 77.4 Å². The molecule has 0 bridgehead atoms. The van der Waals surface area contributed by atoms with E-state index in [4.69, 9.17) is 13.7 Å². The van der Waals surface area contributed by atoms with Gasteiger partial charge in [0.25, 0.3) is 30.4 Å². The molecule has 0 fully saturated rings. The van der Waals surface area contributed by atoms with Crippen molar-refractivity contribution in [1.29, 1.82) is 0 Å². The van der Waals surface area contributed by atoms with Gasteiger partial charge in [-0.05, 0) is 60.4 Å². The van der Waals surface area contributed by atoms with Crippen molar-refractivity contribution < 1.29 is 52.1 Å². The Morgan fingerprint density at radius 2 is 0.528 bits per heavy atom. The first-order valence-electron chi connectivity index (χ1n) is 10.7. The smallest absolute Gasteiger partial charge is 0.294 e. The van der Waals surface area contributed by atoms with E-state index in [1.807, 2.05) is 0 Å². The van der Waals surface area contributed by atoms with E-state index in [1.165, 1.54) is 0 Å². The first-order chi connectivity index (χ1) is 16.1. The van der Waals surface area contributed by atoms with Crippen LogP contribution in [0.25, 0.3) is 0 Å². The largest absolute Gasteiger partial charge is 0.307 e. The minimum atomic E-state index is -4.33. The molecule has 0 heterocycles. The Bertz CT molecular complexity index is 632. The van der Waals surface area contributed by atoms with Gasteiger partial charge in [0.1, 0.15) is 0 Å². The average molecular weight is 604 g/mol. The Hall–Kier alpha value is -0.600. The molecule has 0 aliphatic rings. The zero-order chi connectivity index (χ0) is 30.6. The maximum Gasteiger partial charge on any atom is 0.294 e. The van der Waals surface area contributed by atoms with E-state index in [0.29, 0.717) is 0 Å². The lowest BCUT2D eigenvalue weighted by Gasteiger charge is -2.07. The summed E-state index contributed by atoms with van der Waals surface area (Å²) < 4.78 is 109. The van der Waals surface area contributed by atoms with E-state index >= 15 is 0 Å². The molecule has 0 aromatic carbocycles. The fourth-order valence-corrected chi connectivity index (χ4v) is 0.671. The molecule has 0 rings (SSSR count). The Kier molecular flexibility index (Phi) is 41.2. The lowest BCUT2D eigenvalue weighted by Crippen LogP contribution is -2.15. The van der Waals surface area contributed by atoms with E-state index in [9.17, 15) is 38.4 Å². The molecule has 18 heteroatoms. The number of alkyl halides is 3. The molecule has 0 aromatic rings. The van der Waals surface area contributed by atoms with Gasteiger partial charge in [0.15, 0.2) is 0 Å². The van der Waals surface area contributed by atoms with Gasteiger partial charge in [0.05, 0.1) is 0 Å². The van der Waals surface area contributed by atoms with Crippen molar-refractivity contribution in [2.75, 3.05) is 78.4 Å². The molecule has 0 saturated heterocycles. The third-order valence-electron chi connectivity index (χ3n) is 3.65. The third kappa shape index (κ3) is 84.3. The second kappa shape index (κ2) is 30.6. The van der Waals surface area contributed by atoms with Gasteiger partial charge in [-0.25, -0.2) is 13.2 Å². The summed E-state index contributed by atoms with van der Waals surface area (Å²) in [6.07, 6.45) is 0. The van der Waals surface area contributed by atoms with Crippen molar-refractivity contribution in [2.24, 2.45) is 0 Å². The zero-order valence-corrected chi connectivity index (χ0v) is 25.3. The Labute approximate surface area is 217 Å². The quantitative estimate of drug-likeness (QED) is 0.329. The van der Waals surface area contributed by atoms with Gasteiger partial charge < -0.3 is 14.7 Å². The number of hydrogen-bond donors (Lipinski definition) is 3. The van der Waals surface area contributed by atoms with Gasteiger partial charge in [-0.3, -0.25) is 13.7 Å². The first-order valence-corrected chi connectivity index (χ1v) is 15.5. The molecule has 0 aliphatic carbocycles. The predicted molar refractivity (Wildman–Crippen MR) is 139 cm³/mol. The monoisotopic (exact) mass is 603 g/mol. The highest BCUT2D eigenvalue weighted by Gasteiger charge is 1.98. The second-order valence-electron chi connectivity index (χ2n) is 6.54. The molecule has 228 valence electrons. The fraction of sp³-hybridized carbons (Fsp3) is 1.00. The minimum absolute atomic E-state index is 1.16. The molecule has 0 aromatic heterocycles. The minimum Gasteiger partial charge on any atom is -0.307 e. The summed E-state index contributed by atoms with van der Waals surface area (Å²) in [5.41, 5.74) is 0. The molecule has 0 spiro atoms. The van der Waals surface area contributed by atoms with Crippen LogP contribution < -0.4 is 0 Å². The molecule has 12 nitrogen and oxygen atoms in total. The van der Waals surface area contributed by atoms with Crippen LogP contribution in [0.2, 0.25) is 0 Å². The van der Waals surface area contributed by atoms with Crippen LogP contribution in [0.1, 0.15) is 41.5 Å². The molecule has 3 N–H and O–H groups in total. The molecule has 0 radical (unpaired) electrons. The van der Waals surface area contributed by atoms with E-state index in [1.54, 1.807) is 0 Å². The molecule has 0 unspecified atom stereocenters. The van der Waals surface area contributed by atoms with Crippen molar-refractivity contribution in [3.05, 3.63) is 0 Å². The SMILES string of the molecule is CCN(C)CC.CCN(C)CC.CCN(C)CC.O=S(=O)(O)CF.O=S(=O)(O)CF.O=S(=O)(O)CF. The molecule has 0 aliphatic heterocycles. The number of rotatable bonds is 9. The number of halogens is 3. The number of hydrogen-bond acceptors (Lipinski definition) is 9. The summed E-state index contributed by atoms with van der Waals surface area (Å²) in [6, 6.07) is -5.10. The lowest BCUT2D eigenvalue weighted by atomic mass is 10.6. The Morgan fingerprint density at radius 1 is 0.444 bits per heavy atom. The normalized spacial score (nSPS) is 10.8. The molecule has 0 amide bonds. The summed E-state index contributed by atoms with van der Waals surface area (Å²) in [5, 5.41) is 0. The summed E-state index contributed by atoms with van der Waals surface area (Å²) in [7, 11) is -6.65. The van der Waals surface area contributed by atoms with Crippen LogP contribution in [0.15, 0.2) is 0 Å². The van der Waals surface area contributed by atoms with Gasteiger partial charge in [-0.15, -0.1) is 0 Å². The topological polar surface area (TPSA) is 173 Å². The molecule has 0 atom stereocenters. The first kappa shape index (κ1) is 48.5. The van der Waals surface area contributed by atoms with Crippen LogP contribution in [-0.2, 0) is 30.4 Å². The fourth-order valence-electron chi connectivity index (χ4n) is 0.671. The van der Waals surface area contributed by atoms with Gasteiger partial charge in [0.2, 0.25) is 18.0 Å². The van der Waals surface area contributed by atoms with Crippen molar-refractivity contribution >= 4 is 30.4 Å². The van der Waals surface area contributed by atoms with Gasteiger partial charge >= 0.3 is 0 Å². The van der Waals surface area contributed by atoms with Crippen molar-refractivity contribution in [3.8, 4) is 0 Å². The highest BCUT2D eigenvalue weighted by Crippen LogP contribution is 1.79. The van der Waals surface area contributed by atoms with Gasteiger partial charge in [0, 0.05) is 0 Å². The zero-order valence-electron chi connectivity index (χ0n) is 22.9. The standard InChI is InChI=1S/3C5H13N.3CH3FO3S/c3*1-4-6(3)5-2;3*2-1-6(3,4)5/h3*4-5H2,1-3H3;3*1H2,(H,3,4,5). The summed E-state index contributed by atoms with van der Waals surface area (Å²) in [6.45, 7) is 19.9. The highest BCUT2D eigenvalue weighted by molar-refractivity contribution is 7.86. The second-order valence-corrected chi connectivity index (χ2v) is 10.7. The summed E-state index contributed by atoms with van der Waals surface area (Å²) >= 11 is 0. The number of nitrogens with zero attached hydrogens (tertiary/aromatic N) is 3.